The van der Waals surface area contributed by atoms with E-state index in [4.69, 9.17) is 9.47 Å². The standard InChI is InChI=1S/C20H23N3O2S/c1-3-16-11-17(22-21-16)13-23-6-7-25-20-15(12-23)9-14(10-18(20)24-2)19-5-4-8-26-19/h4-5,8-11H,3,6-7,12-13H2,1-2H3,(H,21,22). The van der Waals surface area contributed by atoms with E-state index in [-0.39, 0.29) is 0 Å². The van der Waals surface area contributed by atoms with E-state index >= 15 is 0 Å². The van der Waals surface area contributed by atoms with Crippen LogP contribution >= 0.6 is 11.3 Å². The molecule has 3 aromatic rings. The van der Waals surface area contributed by atoms with Gasteiger partial charge in [0.15, 0.2) is 11.5 Å². The lowest BCUT2D eigenvalue weighted by Gasteiger charge is -2.18. The van der Waals surface area contributed by atoms with Crippen LogP contribution in [0.3, 0.4) is 0 Å². The molecule has 0 aliphatic carbocycles. The largest absolute Gasteiger partial charge is 0.493 e. The Kier molecular flexibility index (Phi) is 4.95. The van der Waals surface area contributed by atoms with E-state index in [0.29, 0.717) is 6.61 Å². The fraction of sp³-hybridized carbons (Fsp3) is 0.350. The Labute approximate surface area is 157 Å². The maximum atomic E-state index is 6.05. The van der Waals surface area contributed by atoms with Gasteiger partial charge in [-0.2, -0.15) is 5.10 Å². The van der Waals surface area contributed by atoms with Crippen LogP contribution < -0.4 is 9.47 Å². The molecule has 0 spiro atoms. The number of thiophene rings is 1. The van der Waals surface area contributed by atoms with E-state index in [1.54, 1.807) is 18.4 Å². The minimum absolute atomic E-state index is 0.649. The summed E-state index contributed by atoms with van der Waals surface area (Å²) in [5.41, 5.74) is 4.59. The summed E-state index contributed by atoms with van der Waals surface area (Å²) in [7, 11) is 1.71. The van der Waals surface area contributed by atoms with Crippen LogP contribution in [0.5, 0.6) is 11.5 Å². The Morgan fingerprint density at radius 3 is 3.00 bits per heavy atom. The number of hydrogen-bond acceptors (Lipinski definition) is 5. The number of methoxy groups -OCH3 is 1. The van der Waals surface area contributed by atoms with Gasteiger partial charge in [0.05, 0.1) is 12.8 Å². The zero-order valence-electron chi connectivity index (χ0n) is 15.1. The van der Waals surface area contributed by atoms with Crippen LogP contribution in [0.2, 0.25) is 0 Å². The van der Waals surface area contributed by atoms with Gasteiger partial charge in [-0.15, -0.1) is 11.3 Å². The summed E-state index contributed by atoms with van der Waals surface area (Å²) < 4.78 is 11.7. The van der Waals surface area contributed by atoms with Crippen molar-refractivity contribution in [3.8, 4) is 21.9 Å². The van der Waals surface area contributed by atoms with Gasteiger partial charge >= 0.3 is 0 Å². The zero-order valence-corrected chi connectivity index (χ0v) is 15.9. The molecule has 136 valence electrons. The normalized spacial score (nSPS) is 14.5. The third-order valence-electron chi connectivity index (χ3n) is 4.65. The Hall–Kier alpha value is -2.31. The van der Waals surface area contributed by atoms with Crippen LogP contribution in [0.25, 0.3) is 10.4 Å². The molecule has 2 aromatic heterocycles. The molecular weight excluding hydrogens is 346 g/mol. The average Bonchev–Trinajstić information content (AvgIpc) is 3.30. The van der Waals surface area contributed by atoms with Crippen LogP contribution in [-0.2, 0) is 19.5 Å². The number of nitrogens with one attached hydrogen (secondary N) is 1. The van der Waals surface area contributed by atoms with Gasteiger partial charge in [-0.3, -0.25) is 10.00 Å². The molecule has 3 heterocycles. The number of fused-ring (bicyclic) bond motifs is 1. The second-order valence-electron chi connectivity index (χ2n) is 6.44. The predicted molar refractivity (Wildman–Crippen MR) is 104 cm³/mol. The van der Waals surface area contributed by atoms with Crippen molar-refractivity contribution in [2.75, 3.05) is 20.3 Å². The van der Waals surface area contributed by atoms with Crippen molar-refractivity contribution in [3.05, 3.63) is 52.7 Å². The zero-order chi connectivity index (χ0) is 17.9. The molecule has 1 N–H and O–H groups in total. The number of benzene rings is 1. The van der Waals surface area contributed by atoms with Gasteiger partial charge < -0.3 is 9.47 Å². The van der Waals surface area contributed by atoms with Crippen LogP contribution in [0.4, 0.5) is 0 Å². The van der Waals surface area contributed by atoms with Crippen LogP contribution in [0.15, 0.2) is 35.7 Å². The highest BCUT2D eigenvalue weighted by atomic mass is 32.1. The monoisotopic (exact) mass is 369 g/mol. The number of ether oxygens (including phenoxy) is 2. The molecule has 4 rings (SSSR count). The number of aromatic nitrogens is 2. The van der Waals surface area contributed by atoms with Crippen molar-refractivity contribution < 1.29 is 9.47 Å². The van der Waals surface area contributed by atoms with Gasteiger partial charge in [-0.25, -0.2) is 0 Å². The molecule has 1 aromatic carbocycles. The molecule has 0 radical (unpaired) electrons. The van der Waals surface area contributed by atoms with Gasteiger partial charge in [-0.05, 0) is 41.6 Å². The first kappa shape index (κ1) is 17.1. The summed E-state index contributed by atoms with van der Waals surface area (Å²) in [4.78, 5) is 3.62. The number of aromatic amines is 1. The number of rotatable bonds is 5. The number of aryl methyl sites for hydroxylation is 1. The summed E-state index contributed by atoms with van der Waals surface area (Å²) >= 11 is 1.74. The van der Waals surface area contributed by atoms with Crippen molar-refractivity contribution >= 4 is 11.3 Å². The van der Waals surface area contributed by atoms with Crippen molar-refractivity contribution in [1.82, 2.24) is 15.1 Å². The second-order valence-corrected chi connectivity index (χ2v) is 7.39. The molecule has 0 bridgehead atoms. The Morgan fingerprint density at radius 2 is 2.27 bits per heavy atom. The van der Waals surface area contributed by atoms with Crippen molar-refractivity contribution in [1.29, 1.82) is 0 Å². The first-order valence-electron chi connectivity index (χ1n) is 8.90. The summed E-state index contributed by atoms with van der Waals surface area (Å²) in [6.07, 6.45) is 0.948. The lowest BCUT2D eigenvalue weighted by molar-refractivity contribution is 0.215. The summed E-state index contributed by atoms with van der Waals surface area (Å²) in [6.45, 7) is 5.30. The van der Waals surface area contributed by atoms with Crippen LogP contribution in [0.1, 0.15) is 23.9 Å². The maximum absolute atomic E-state index is 6.05. The lowest BCUT2D eigenvalue weighted by atomic mass is 10.1. The SMILES string of the molecule is CCc1cc(CN2CCOc3c(cc(-c4cccs4)cc3OC)C2)[nH]n1. The molecular formula is C20H23N3O2S. The molecule has 0 fully saturated rings. The van der Waals surface area contributed by atoms with Crippen molar-refractivity contribution in [2.24, 2.45) is 0 Å². The van der Waals surface area contributed by atoms with E-state index in [1.807, 2.05) is 0 Å². The van der Waals surface area contributed by atoms with E-state index in [0.717, 1.165) is 48.9 Å². The number of H-pyrrole nitrogens is 1. The van der Waals surface area contributed by atoms with Crippen molar-refractivity contribution in [2.45, 2.75) is 26.4 Å². The third-order valence-corrected chi connectivity index (χ3v) is 5.56. The van der Waals surface area contributed by atoms with Gasteiger partial charge in [0.2, 0.25) is 0 Å². The molecule has 0 saturated heterocycles. The quantitative estimate of drug-likeness (QED) is 0.735. The molecule has 26 heavy (non-hydrogen) atoms. The molecule has 0 amide bonds. The van der Waals surface area contributed by atoms with E-state index in [9.17, 15) is 0 Å². The van der Waals surface area contributed by atoms with E-state index in [2.05, 4.69) is 57.7 Å². The Morgan fingerprint density at radius 1 is 1.35 bits per heavy atom. The highest BCUT2D eigenvalue weighted by Gasteiger charge is 2.21. The molecule has 1 aliphatic heterocycles. The highest BCUT2D eigenvalue weighted by Crippen LogP contribution is 2.39. The molecule has 0 saturated carbocycles. The fourth-order valence-electron chi connectivity index (χ4n) is 3.32. The highest BCUT2D eigenvalue weighted by molar-refractivity contribution is 7.13. The smallest absolute Gasteiger partial charge is 0.165 e. The summed E-state index contributed by atoms with van der Waals surface area (Å²) in [5, 5.41) is 9.59. The number of nitrogens with zero attached hydrogens (tertiary/aromatic N) is 2. The van der Waals surface area contributed by atoms with E-state index in [1.165, 1.54) is 16.0 Å². The summed E-state index contributed by atoms with van der Waals surface area (Å²) in [6, 6.07) is 10.7. The van der Waals surface area contributed by atoms with Gasteiger partial charge in [-0.1, -0.05) is 13.0 Å². The third kappa shape index (κ3) is 3.48. The van der Waals surface area contributed by atoms with E-state index < -0.39 is 0 Å². The molecule has 0 atom stereocenters. The first-order chi connectivity index (χ1) is 12.8. The molecule has 6 heteroatoms. The second kappa shape index (κ2) is 7.51. The minimum atomic E-state index is 0.649. The maximum Gasteiger partial charge on any atom is 0.165 e. The summed E-state index contributed by atoms with van der Waals surface area (Å²) in [5.74, 6) is 1.68. The van der Waals surface area contributed by atoms with Gasteiger partial charge in [0, 0.05) is 35.8 Å². The van der Waals surface area contributed by atoms with Gasteiger partial charge in [0.25, 0.3) is 0 Å². The van der Waals surface area contributed by atoms with Crippen molar-refractivity contribution in [3.63, 3.8) is 0 Å². The number of hydrogen-bond donors (Lipinski definition) is 1. The Bertz CT molecular complexity index is 873. The van der Waals surface area contributed by atoms with Gasteiger partial charge in [0.1, 0.15) is 6.61 Å². The molecule has 5 nitrogen and oxygen atoms in total. The lowest BCUT2D eigenvalue weighted by Crippen LogP contribution is -2.25. The predicted octanol–water partition coefficient (Wildman–Crippen LogP) is 4.10. The van der Waals surface area contributed by atoms with Crippen LogP contribution in [0, 0.1) is 0 Å². The van der Waals surface area contributed by atoms with Crippen LogP contribution in [-0.4, -0.2) is 35.4 Å². The minimum Gasteiger partial charge on any atom is -0.493 e. The fourth-order valence-corrected chi connectivity index (χ4v) is 4.04. The first-order valence-corrected chi connectivity index (χ1v) is 9.78. The average molecular weight is 369 g/mol. The Balaban J connectivity index is 1.63. The molecule has 0 unspecified atom stereocenters. The molecule has 1 aliphatic rings. The topological polar surface area (TPSA) is 50.4 Å².